The quantitative estimate of drug-likeness (QED) is 0.796. The van der Waals surface area contributed by atoms with Gasteiger partial charge in [-0.15, -0.1) is 0 Å². The molecule has 1 aromatic rings. The molecule has 1 heterocycles. The second-order valence-electron chi connectivity index (χ2n) is 5.32. The van der Waals surface area contributed by atoms with Crippen molar-refractivity contribution in [2.75, 3.05) is 30.8 Å². The lowest BCUT2D eigenvalue weighted by molar-refractivity contribution is 0.415. The topological polar surface area (TPSA) is 38.5 Å². The molecule has 0 amide bonds. The predicted octanol–water partition coefficient (Wildman–Crippen LogP) is 2.51. The van der Waals surface area contributed by atoms with E-state index in [4.69, 9.17) is 10.5 Å². The number of benzene rings is 1. The molecule has 3 nitrogen and oxygen atoms in total. The van der Waals surface area contributed by atoms with Gasteiger partial charge in [0, 0.05) is 36.6 Å². The van der Waals surface area contributed by atoms with Gasteiger partial charge in [-0.05, 0) is 30.7 Å². The minimum Gasteiger partial charge on any atom is -0.497 e. The molecule has 3 heteroatoms. The summed E-state index contributed by atoms with van der Waals surface area (Å²) in [4.78, 5) is 2.47. The fourth-order valence-electron chi connectivity index (χ4n) is 3.35. The number of anilines is 2. The second kappa shape index (κ2) is 4.13. The number of ether oxygens (including phenoxy) is 1. The number of rotatable bonds is 2. The first kappa shape index (κ1) is 10.8. The Morgan fingerprint density at radius 3 is 2.53 bits per heavy atom. The van der Waals surface area contributed by atoms with Crippen molar-refractivity contribution in [3.05, 3.63) is 18.2 Å². The van der Waals surface area contributed by atoms with E-state index >= 15 is 0 Å². The van der Waals surface area contributed by atoms with Crippen molar-refractivity contribution >= 4 is 11.4 Å². The van der Waals surface area contributed by atoms with E-state index in [1.807, 2.05) is 6.07 Å². The zero-order chi connectivity index (χ0) is 11.8. The maximum atomic E-state index is 5.91. The van der Waals surface area contributed by atoms with Crippen LogP contribution in [0.15, 0.2) is 18.2 Å². The molecule has 2 unspecified atom stereocenters. The van der Waals surface area contributed by atoms with Crippen LogP contribution in [0.2, 0.25) is 0 Å². The minimum atomic E-state index is 0.788. The van der Waals surface area contributed by atoms with Crippen molar-refractivity contribution in [1.82, 2.24) is 0 Å². The van der Waals surface area contributed by atoms with Crippen LogP contribution in [-0.4, -0.2) is 20.2 Å². The Balaban J connectivity index is 1.82. The third-order valence-electron chi connectivity index (χ3n) is 4.24. The van der Waals surface area contributed by atoms with Crippen LogP contribution in [0.4, 0.5) is 11.4 Å². The number of hydrogen-bond acceptors (Lipinski definition) is 3. The van der Waals surface area contributed by atoms with E-state index in [1.54, 1.807) is 7.11 Å². The van der Waals surface area contributed by atoms with Gasteiger partial charge >= 0.3 is 0 Å². The number of nitrogens with two attached hydrogens (primary N) is 1. The highest BCUT2D eigenvalue weighted by atomic mass is 16.5. The van der Waals surface area contributed by atoms with E-state index in [2.05, 4.69) is 17.0 Å². The van der Waals surface area contributed by atoms with Crippen molar-refractivity contribution in [3.63, 3.8) is 0 Å². The molecule has 1 saturated heterocycles. The molecule has 3 rings (SSSR count). The summed E-state index contributed by atoms with van der Waals surface area (Å²) in [5.74, 6) is 2.67. The fraction of sp³-hybridized carbons (Fsp3) is 0.571. The molecule has 0 aromatic heterocycles. The van der Waals surface area contributed by atoms with Gasteiger partial charge in [0.05, 0.1) is 7.11 Å². The summed E-state index contributed by atoms with van der Waals surface area (Å²) in [6, 6.07) is 6.03. The summed E-state index contributed by atoms with van der Waals surface area (Å²) < 4.78 is 5.28. The number of hydrogen-bond donors (Lipinski definition) is 1. The van der Waals surface area contributed by atoms with Crippen molar-refractivity contribution in [2.45, 2.75) is 19.3 Å². The van der Waals surface area contributed by atoms with Gasteiger partial charge in [0.25, 0.3) is 0 Å². The lowest BCUT2D eigenvalue weighted by Gasteiger charge is -2.20. The van der Waals surface area contributed by atoms with Crippen LogP contribution in [0, 0.1) is 11.8 Å². The maximum Gasteiger partial charge on any atom is 0.122 e. The first-order chi connectivity index (χ1) is 8.26. The Kier molecular flexibility index (Phi) is 2.61. The molecule has 92 valence electrons. The van der Waals surface area contributed by atoms with E-state index < -0.39 is 0 Å². The fourth-order valence-corrected chi connectivity index (χ4v) is 3.35. The van der Waals surface area contributed by atoms with Crippen LogP contribution in [0.1, 0.15) is 19.3 Å². The Hall–Kier alpha value is -1.38. The average Bonchev–Trinajstić information content (AvgIpc) is 2.88. The number of nitrogens with zero attached hydrogens (tertiary/aromatic N) is 1. The average molecular weight is 232 g/mol. The Morgan fingerprint density at radius 1 is 1.18 bits per heavy atom. The van der Waals surface area contributed by atoms with Gasteiger partial charge < -0.3 is 15.4 Å². The van der Waals surface area contributed by atoms with E-state index in [0.29, 0.717) is 0 Å². The van der Waals surface area contributed by atoms with Crippen LogP contribution in [0.5, 0.6) is 5.75 Å². The smallest absolute Gasteiger partial charge is 0.122 e. The molecule has 1 aliphatic heterocycles. The largest absolute Gasteiger partial charge is 0.497 e. The molecule has 0 spiro atoms. The van der Waals surface area contributed by atoms with Crippen LogP contribution < -0.4 is 15.4 Å². The molecule has 1 aliphatic carbocycles. The zero-order valence-electron chi connectivity index (χ0n) is 10.4. The lowest BCUT2D eigenvalue weighted by atomic mass is 10.0. The summed E-state index contributed by atoms with van der Waals surface area (Å²) in [5, 5.41) is 0. The molecule has 2 N–H and O–H groups in total. The normalized spacial score (nSPS) is 27.2. The first-order valence-corrected chi connectivity index (χ1v) is 6.46. The molecule has 2 aliphatic rings. The van der Waals surface area contributed by atoms with Gasteiger partial charge in [0.2, 0.25) is 0 Å². The standard InChI is InChI=1S/C14H20N2O/c1-17-14-6-12(15)5-13(7-14)16-8-10-3-2-4-11(10)9-16/h5-7,10-11H,2-4,8-9,15H2,1H3. The van der Waals surface area contributed by atoms with Gasteiger partial charge in [-0.25, -0.2) is 0 Å². The Morgan fingerprint density at radius 2 is 1.88 bits per heavy atom. The maximum absolute atomic E-state index is 5.91. The predicted molar refractivity (Wildman–Crippen MR) is 70.5 cm³/mol. The molecule has 2 atom stereocenters. The monoisotopic (exact) mass is 232 g/mol. The minimum absolute atomic E-state index is 0.788. The molecular formula is C14H20N2O. The highest BCUT2D eigenvalue weighted by Gasteiger charge is 2.36. The third-order valence-corrected chi connectivity index (χ3v) is 4.24. The van der Waals surface area contributed by atoms with Gasteiger partial charge in [0.15, 0.2) is 0 Å². The summed E-state index contributed by atoms with van der Waals surface area (Å²) in [6.45, 7) is 2.38. The van der Waals surface area contributed by atoms with Crippen LogP contribution in [0.3, 0.4) is 0 Å². The van der Waals surface area contributed by atoms with Gasteiger partial charge in [0.1, 0.15) is 5.75 Å². The zero-order valence-corrected chi connectivity index (χ0v) is 10.4. The van der Waals surface area contributed by atoms with E-state index in [0.717, 1.165) is 23.3 Å². The first-order valence-electron chi connectivity index (χ1n) is 6.46. The third kappa shape index (κ3) is 1.94. The van der Waals surface area contributed by atoms with Crippen LogP contribution in [0.25, 0.3) is 0 Å². The molecule has 17 heavy (non-hydrogen) atoms. The lowest BCUT2D eigenvalue weighted by Crippen LogP contribution is -2.20. The molecule has 1 saturated carbocycles. The highest BCUT2D eigenvalue weighted by Crippen LogP contribution is 2.40. The summed E-state index contributed by atoms with van der Waals surface area (Å²) in [5.41, 5.74) is 7.92. The number of nitrogen functional groups attached to an aromatic ring is 1. The van der Waals surface area contributed by atoms with E-state index in [-0.39, 0.29) is 0 Å². The molecule has 2 fully saturated rings. The summed E-state index contributed by atoms with van der Waals surface area (Å²) >= 11 is 0. The second-order valence-corrected chi connectivity index (χ2v) is 5.32. The highest BCUT2D eigenvalue weighted by molar-refractivity contribution is 5.61. The van der Waals surface area contributed by atoms with E-state index in [1.165, 1.54) is 38.0 Å². The van der Waals surface area contributed by atoms with Gasteiger partial charge in [-0.2, -0.15) is 0 Å². The van der Waals surface area contributed by atoms with Crippen molar-refractivity contribution in [1.29, 1.82) is 0 Å². The number of methoxy groups -OCH3 is 1. The Labute approximate surface area is 103 Å². The van der Waals surface area contributed by atoms with Crippen LogP contribution >= 0.6 is 0 Å². The SMILES string of the molecule is COc1cc(N)cc(N2CC3CCCC3C2)c1. The Bertz CT molecular complexity index is 407. The van der Waals surface area contributed by atoms with E-state index in [9.17, 15) is 0 Å². The van der Waals surface area contributed by atoms with Crippen molar-refractivity contribution in [2.24, 2.45) is 11.8 Å². The summed E-state index contributed by atoms with van der Waals surface area (Å²) in [6.07, 6.45) is 4.23. The molecule has 1 aromatic carbocycles. The molecule has 0 radical (unpaired) electrons. The summed E-state index contributed by atoms with van der Waals surface area (Å²) in [7, 11) is 1.69. The van der Waals surface area contributed by atoms with Gasteiger partial charge in [-0.1, -0.05) is 6.42 Å². The van der Waals surface area contributed by atoms with Crippen molar-refractivity contribution < 1.29 is 4.74 Å². The molecule has 0 bridgehead atoms. The van der Waals surface area contributed by atoms with Gasteiger partial charge in [-0.3, -0.25) is 0 Å². The number of fused-ring (bicyclic) bond motifs is 1. The van der Waals surface area contributed by atoms with Crippen molar-refractivity contribution in [3.8, 4) is 5.75 Å². The van der Waals surface area contributed by atoms with Crippen LogP contribution in [-0.2, 0) is 0 Å². The molecular weight excluding hydrogens is 212 g/mol.